The lowest BCUT2D eigenvalue weighted by atomic mass is 9.98. The van der Waals surface area contributed by atoms with E-state index in [2.05, 4.69) is 21.2 Å². The Morgan fingerprint density at radius 3 is 2.54 bits per heavy atom. The molecule has 1 fully saturated rings. The van der Waals surface area contributed by atoms with Gasteiger partial charge in [0.2, 0.25) is 5.91 Å². The average molecular weight is 399 g/mol. The van der Waals surface area contributed by atoms with Crippen molar-refractivity contribution in [2.75, 3.05) is 18.4 Å². The average Bonchev–Trinajstić information content (AvgIpc) is 2.81. The summed E-state index contributed by atoms with van der Waals surface area (Å²) in [4.78, 5) is 25.6. The van der Waals surface area contributed by atoms with Gasteiger partial charge in [0.15, 0.2) is 0 Å². The first kappa shape index (κ1) is 18.7. The van der Waals surface area contributed by atoms with Gasteiger partial charge in [-0.25, -0.2) is 4.79 Å². The summed E-state index contributed by atoms with van der Waals surface area (Å²) in [7, 11) is 0. The molecule has 0 aromatic heterocycles. The van der Waals surface area contributed by atoms with E-state index in [-0.39, 0.29) is 18.9 Å². The lowest BCUT2D eigenvalue weighted by Gasteiger charge is -2.26. The van der Waals surface area contributed by atoms with Crippen molar-refractivity contribution >= 4 is 33.6 Å². The first-order chi connectivity index (χ1) is 11.1. The van der Waals surface area contributed by atoms with E-state index in [1.54, 1.807) is 32.9 Å². The highest BCUT2D eigenvalue weighted by Gasteiger charge is 2.41. The number of halogens is 1. The summed E-state index contributed by atoms with van der Waals surface area (Å²) < 4.78 is 6.22. The van der Waals surface area contributed by atoms with Crippen LogP contribution in [0, 0.1) is 0 Å². The van der Waals surface area contributed by atoms with E-state index in [4.69, 9.17) is 4.74 Å². The van der Waals surface area contributed by atoms with Crippen molar-refractivity contribution in [1.82, 2.24) is 4.90 Å². The molecule has 1 heterocycles. The van der Waals surface area contributed by atoms with Gasteiger partial charge in [0.1, 0.15) is 5.60 Å². The monoisotopic (exact) mass is 398 g/mol. The molecule has 0 saturated carbocycles. The normalized spacial score (nSPS) is 20.8. The molecule has 0 radical (unpaired) electrons. The van der Waals surface area contributed by atoms with Crippen LogP contribution in [0.3, 0.4) is 0 Å². The smallest absolute Gasteiger partial charge is 0.410 e. The number of amides is 2. The second kappa shape index (κ2) is 7.11. The van der Waals surface area contributed by atoms with Crippen LogP contribution in [-0.4, -0.2) is 46.3 Å². The zero-order chi connectivity index (χ0) is 18.0. The summed E-state index contributed by atoms with van der Waals surface area (Å²) in [6, 6.07) is 7.19. The van der Waals surface area contributed by atoms with Gasteiger partial charge in [-0.1, -0.05) is 15.9 Å². The van der Waals surface area contributed by atoms with Crippen LogP contribution in [0.5, 0.6) is 0 Å². The Labute approximate surface area is 150 Å². The van der Waals surface area contributed by atoms with Crippen LogP contribution in [0.2, 0.25) is 0 Å². The van der Waals surface area contributed by atoms with Crippen molar-refractivity contribution in [1.29, 1.82) is 0 Å². The zero-order valence-electron chi connectivity index (χ0n) is 14.1. The first-order valence-electron chi connectivity index (χ1n) is 7.82. The third-order valence-electron chi connectivity index (χ3n) is 3.60. The van der Waals surface area contributed by atoms with Crippen LogP contribution in [-0.2, 0) is 9.53 Å². The van der Waals surface area contributed by atoms with Gasteiger partial charge in [0, 0.05) is 16.7 Å². The predicted octanol–water partition coefficient (Wildman–Crippen LogP) is 3.15. The van der Waals surface area contributed by atoms with E-state index in [0.717, 1.165) is 4.47 Å². The van der Waals surface area contributed by atoms with Gasteiger partial charge in [-0.2, -0.15) is 0 Å². The Hall–Kier alpha value is -1.60. The maximum atomic E-state index is 12.1. The molecule has 2 N–H and O–H groups in total. The van der Waals surface area contributed by atoms with Crippen LogP contribution < -0.4 is 5.32 Å². The van der Waals surface area contributed by atoms with Gasteiger partial charge in [0.05, 0.1) is 18.6 Å². The van der Waals surface area contributed by atoms with Crippen molar-refractivity contribution in [3.8, 4) is 0 Å². The Morgan fingerprint density at radius 1 is 1.33 bits per heavy atom. The van der Waals surface area contributed by atoms with E-state index in [0.29, 0.717) is 18.7 Å². The first-order valence-corrected chi connectivity index (χ1v) is 8.61. The van der Waals surface area contributed by atoms with E-state index in [9.17, 15) is 14.7 Å². The number of benzene rings is 1. The minimum Gasteiger partial charge on any atom is -0.444 e. The maximum Gasteiger partial charge on any atom is 0.410 e. The molecule has 6 nitrogen and oxygen atoms in total. The number of hydrogen-bond donors (Lipinski definition) is 2. The highest BCUT2D eigenvalue weighted by atomic mass is 79.9. The number of aliphatic hydroxyl groups is 1. The number of nitrogens with one attached hydrogen (secondary N) is 1. The molecule has 7 heteroatoms. The fraction of sp³-hybridized carbons (Fsp3) is 0.529. The van der Waals surface area contributed by atoms with Crippen LogP contribution in [0.15, 0.2) is 28.7 Å². The minimum absolute atomic E-state index is 0.0671. The molecule has 132 valence electrons. The Kier molecular flexibility index (Phi) is 5.55. The van der Waals surface area contributed by atoms with Gasteiger partial charge >= 0.3 is 6.09 Å². The molecule has 1 saturated heterocycles. The Morgan fingerprint density at radius 2 is 1.96 bits per heavy atom. The van der Waals surface area contributed by atoms with E-state index in [1.807, 2.05) is 12.1 Å². The molecule has 1 aliphatic heterocycles. The van der Waals surface area contributed by atoms with Crippen LogP contribution in [0.4, 0.5) is 10.5 Å². The quantitative estimate of drug-likeness (QED) is 0.819. The Balaban J connectivity index is 1.89. The van der Waals surface area contributed by atoms with Crippen molar-refractivity contribution in [3.05, 3.63) is 28.7 Å². The molecule has 0 unspecified atom stereocenters. The number of rotatable bonds is 3. The molecule has 2 rings (SSSR count). The highest BCUT2D eigenvalue weighted by molar-refractivity contribution is 9.10. The summed E-state index contributed by atoms with van der Waals surface area (Å²) in [5.41, 5.74) is -1.15. The second-order valence-electron chi connectivity index (χ2n) is 7.11. The molecule has 1 atom stereocenters. The van der Waals surface area contributed by atoms with Crippen LogP contribution in [0.1, 0.15) is 33.6 Å². The fourth-order valence-corrected chi connectivity index (χ4v) is 2.78. The highest BCUT2D eigenvalue weighted by Crippen LogP contribution is 2.27. The predicted molar refractivity (Wildman–Crippen MR) is 94.8 cm³/mol. The van der Waals surface area contributed by atoms with Gasteiger partial charge in [-0.05, 0) is 51.5 Å². The number of nitrogens with zero attached hydrogens (tertiary/aromatic N) is 1. The van der Waals surface area contributed by atoms with Gasteiger partial charge < -0.3 is 20.1 Å². The van der Waals surface area contributed by atoms with Crippen molar-refractivity contribution < 1.29 is 19.4 Å². The molecule has 24 heavy (non-hydrogen) atoms. The number of anilines is 1. The van der Waals surface area contributed by atoms with Gasteiger partial charge in [-0.3, -0.25) is 4.79 Å². The van der Waals surface area contributed by atoms with Crippen molar-refractivity contribution in [2.24, 2.45) is 0 Å². The maximum absolute atomic E-state index is 12.1. The molecule has 1 aromatic rings. The van der Waals surface area contributed by atoms with Crippen LogP contribution in [0.25, 0.3) is 0 Å². The SMILES string of the molecule is CC(C)(C)OC(=O)N1CC[C@](O)(CC(=O)Nc2ccc(Br)cc2)C1. The van der Waals surface area contributed by atoms with Crippen molar-refractivity contribution in [2.45, 2.75) is 44.8 Å². The molecule has 2 amide bonds. The fourth-order valence-electron chi connectivity index (χ4n) is 2.52. The molecule has 1 aromatic carbocycles. The third-order valence-corrected chi connectivity index (χ3v) is 4.13. The molecular weight excluding hydrogens is 376 g/mol. The molecule has 0 aliphatic carbocycles. The number of β-amino-alcohol motifs (C(OH)–C–C–N with tert-alkyl or cyclic N) is 1. The largest absolute Gasteiger partial charge is 0.444 e. The number of carbonyl (C=O) groups excluding carboxylic acids is 2. The third kappa shape index (κ3) is 5.49. The number of ether oxygens (including phenoxy) is 1. The lowest BCUT2D eigenvalue weighted by molar-refractivity contribution is -0.120. The summed E-state index contributed by atoms with van der Waals surface area (Å²) >= 11 is 3.33. The second-order valence-corrected chi connectivity index (χ2v) is 8.02. The number of carbonyl (C=O) groups is 2. The minimum atomic E-state index is -1.23. The Bertz CT molecular complexity index is 612. The van der Waals surface area contributed by atoms with E-state index >= 15 is 0 Å². The summed E-state index contributed by atoms with van der Waals surface area (Å²) in [5, 5.41) is 13.3. The summed E-state index contributed by atoms with van der Waals surface area (Å²) in [6.07, 6.45) is -0.186. The van der Waals surface area contributed by atoms with Gasteiger partial charge in [0.25, 0.3) is 0 Å². The number of likely N-dealkylation sites (tertiary alicyclic amines) is 1. The van der Waals surface area contributed by atoms with Crippen LogP contribution >= 0.6 is 15.9 Å². The molecule has 0 bridgehead atoms. The van der Waals surface area contributed by atoms with E-state index in [1.165, 1.54) is 4.90 Å². The standard InChI is InChI=1S/C17H23BrN2O4/c1-16(2,3)24-15(22)20-9-8-17(23,11-20)10-14(21)19-13-6-4-12(18)5-7-13/h4-7,23H,8-11H2,1-3H3,(H,19,21)/t17-/m0/s1. The number of hydrogen-bond acceptors (Lipinski definition) is 4. The van der Waals surface area contributed by atoms with Crippen molar-refractivity contribution in [3.63, 3.8) is 0 Å². The van der Waals surface area contributed by atoms with Gasteiger partial charge in [-0.15, -0.1) is 0 Å². The molecular formula is C17H23BrN2O4. The lowest BCUT2D eigenvalue weighted by Crippen LogP contribution is -2.40. The summed E-state index contributed by atoms with van der Waals surface area (Å²) in [6.45, 7) is 5.84. The van der Waals surface area contributed by atoms with E-state index < -0.39 is 17.3 Å². The topological polar surface area (TPSA) is 78.9 Å². The molecule has 1 aliphatic rings. The molecule has 0 spiro atoms. The summed E-state index contributed by atoms with van der Waals surface area (Å²) in [5.74, 6) is -0.286. The zero-order valence-corrected chi connectivity index (χ0v) is 15.7.